The van der Waals surface area contributed by atoms with Gasteiger partial charge in [-0.25, -0.2) is 4.39 Å². The molecule has 0 amide bonds. The first-order chi connectivity index (χ1) is 14.7. The minimum Gasteiger partial charge on any atom is -0.379 e. The quantitative estimate of drug-likeness (QED) is 0.494. The number of hydrogen-bond donors (Lipinski definition) is 0. The Hall–Kier alpha value is -3.09. The molecule has 0 radical (unpaired) electrons. The summed E-state index contributed by atoms with van der Waals surface area (Å²) in [4.78, 5) is 11.4. The van der Waals surface area contributed by atoms with Gasteiger partial charge in [0.2, 0.25) is 0 Å². The van der Waals surface area contributed by atoms with Crippen molar-refractivity contribution in [2.45, 2.75) is 13.1 Å². The van der Waals surface area contributed by atoms with Gasteiger partial charge >= 0.3 is 0 Å². The first kappa shape index (κ1) is 18.9. The summed E-state index contributed by atoms with van der Waals surface area (Å²) in [7, 11) is 0. The van der Waals surface area contributed by atoms with Gasteiger partial charge in [-0.05, 0) is 48.9 Å². The van der Waals surface area contributed by atoms with Crippen molar-refractivity contribution in [2.24, 2.45) is 0 Å². The molecule has 4 aromatic rings. The molecule has 5 rings (SSSR count). The van der Waals surface area contributed by atoms with E-state index in [0.717, 1.165) is 59.7 Å². The van der Waals surface area contributed by atoms with Gasteiger partial charge in [0.1, 0.15) is 5.82 Å². The predicted octanol–water partition coefficient (Wildman–Crippen LogP) is 4.76. The maximum atomic E-state index is 13.7. The van der Waals surface area contributed by atoms with Crippen LogP contribution in [0.25, 0.3) is 33.4 Å². The average molecular weight is 402 g/mol. The van der Waals surface area contributed by atoms with Gasteiger partial charge in [0.15, 0.2) is 0 Å². The Labute approximate surface area is 174 Å². The molecule has 3 aromatic heterocycles. The van der Waals surface area contributed by atoms with Crippen LogP contribution in [0.3, 0.4) is 0 Å². The highest BCUT2D eigenvalue weighted by atomic mass is 19.1. The van der Waals surface area contributed by atoms with E-state index in [1.807, 2.05) is 36.5 Å². The number of ether oxygens (including phenoxy) is 1. The van der Waals surface area contributed by atoms with Gasteiger partial charge < -0.3 is 9.30 Å². The molecular weight excluding hydrogens is 379 g/mol. The van der Waals surface area contributed by atoms with Gasteiger partial charge in [0, 0.05) is 42.8 Å². The van der Waals surface area contributed by atoms with Crippen LogP contribution in [0.2, 0.25) is 0 Å². The van der Waals surface area contributed by atoms with Crippen molar-refractivity contribution in [3.8, 4) is 22.4 Å². The molecule has 5 nitrogen and oxygen atoms in total. The molecule has 0 saturated carbocycles. The van der Waals surface area contributed by atoms with E-state index in [-0.39, 0.29) is 12.0 Å². The van der Waals surface area contributed by atoms with Crippen LogP contribution in [0, 0.1) is 5.82 Å². The third-order valence-corrected chi connectivity index (χ3v) is 5.79. The van der Waals surface area contributed by atoms with Crippen LogP contribution in [0.15, 0.2) is 67.1 Å². The number of rotatable bonds is 4. The molecule has 1 unspecified atom stereocenters. The number of pyridine rings is 2. The van der Waals surface area contributed by atoms with Crippen LogP contribution in [-0.4, -0.2) is 45.7 Å². The van der Waals surface area contributed by atoms with Crippen LogP contribution in [0.1, 0.15) is 13.1 Å². The van der Waals surface area contributed by atoms with Crippen molar-refractivity contribution >= 4 is 11.0 Å². The van der Waals surface area contributed by atoms with E-state index in [0.29, 0.717) is 0 Å². The van der Waals surface area contributed by atoms with Crippen LogP contribution in [-0.2, 0) is 4.74 Å². The summed E-state index contributed by atoms with van der Waals surface area (Å²) in [6.07, 6.45) is 5.53. The molecule has 1 aliphatic rings. The van der Waals surface area contributed by atoms with E-state index < -0.39 is 0 Å². The zero-order chi connectivity index (χ0) is 20.5. The van der Waals surface area contributed by atoms with Crippen LogP contribution >= 0.6 is 0 Å². The standard InChI is InChI=1S/C24H23FN4O/c1-17(28-13-15-30-16-14-28)29-21-3-2-10-27-23(21)22(18-4-6-20(25)7-5-18)24(29)19-8-11-26-12-9-19/h2-12,17H,13-16H2,1H3. The summed E-state index contributed by atoms with van der Waals surface area (Å²) in [5.41, 5.74) is 6.05. The highest BCUT2D eigenvalue weighted by Crippen LogP contribution is 2.42. The van der Waals surface area contributed by atoms with E-state index in [9.17, 15) is 4.39 Å². The van der Waals surface area contributed by atoms with Crippen molar-refractivity contribution in [3.05, 3.63) is 72.9 Å². The monoisotopic (exact) mass is 402 g/mol. The fraction of sp³-hybridized carbons (Fsp3) is 0.250. The van der Waals surface area contributed by atoms with E-state index >= 15 is 0 Å². The Morgan fingerprint density at radius 2 is 1.67 bits per heavy atom. The Kier molecular flexibility index (Phi) is 5.02. The normalized spacial score (nSPS) is 16.1. The van der Waals surface area contributed by atoms with Crippen LogP contribution < -0.4 is 0 Å². The van der Waals surface area contributed by atoms with Crippen molar-refractivity contribution in [1.29, 1.82) is 0 Å². The molecule has 1 aliphatic heterocycles. The van der Waals surface area contributed by atoms with Gasteiger partial charge in [-0.15, -0.1) is 0 Å². The summed E-state index contributed by atoms with van der Waals surface area (Å²) < 4.78 is 21.6. The lowest BCUT2D eigenvalue weighted by Gasteiger charge is -2.34. The van der Waals surface area contributed by atoms with E-state index in [1.165, 1.54) is 12.1 Å². The fourth-order valence-electron chi connectivity index (χ4n) is 4.32. The number of aromatic nitrogens is 3. The third kappa shape index (κ3) is 3.28. The molecule has 0 spiro atoms. The molecule has 152 valence electrons. The third-order valence-electron chi connectivity index (χ3n) is 5.79. The molecule has 1 fully saturated rings. The Morgan fingerprint density at radius 3 is 2.40 bits per heavy atom. The van der Waals surface area contributed by atoms with E-state index in [4.69, 9.17) is 9.72 Å². The SMILES string of the molecule is CC(N1CCOCC1)n1c(-c2ccncc2)c(-c2ccc(F)cc2)c2ncccc21. The topological polar surface area (TPSA) is 43.2 Å². The van der Waals surface area contributed by atoms with Crippen molar-refractivity contribution in [1.82, 2.24) is 19.4 Å². The van der Waals surface area contributed by atoms with Gasteiger partial charge in [-0.2, -0.15) is 0 Å². The van der Waals surface area contributed by atoms with Gasteiger partial charge in [-0.3, -0.25) is 14.9 Å². The molecule has 6 heteroatoms. The van der Waals surface area contributed by atoms with E-state index in [2.05, 4.69) is 27.4 Å². The number of nitrogens with zero attached hydrogens (tertiary/aromatic N) is 4. The van der Waals surface area contributed by atoms with Crippen molar-refractivity contribution in [3.63, 3.8) is 0 Å². The molecule has 4 heterocycles. The van der Waals surface area contributed by atoms with Gasteiger partial charge in [0.05, 0.1) is 36.1 Å². The minimum atomic E-state index is -0.248. The zero-order valence-electron chi connectivity index (χ0n) is 16.8. The van der Waals surface area contributed by atoms with Gasteiger partial charge in [-0.1, -0.05) is 12.1 Å². The number of morpholine rings is 1. The van der Waals surface area contributed by atoms with E-state index in [1.54, 1.807) is 12.4 Å². The molecule has 0 N–H and O–H groups in total. The predicted molar refractivity (Wildman–Crippen MR) is 115 cm³/mol. The highest BCUT2D eigenvalue weighted by Gasteiger charge is 2.27. The molecule has 1 saturated heterocycles. The van der Waals surface area contributed by atoms with Crippen LogP contribution in [0.5, 0.6) is 0 Å². The minimum absolute atomic E-state index is 0.109. The summed E-state index contributed by atoms with van der Waals surface area (Å²) in [6, 6.07) is 14.8. The lowest BCUT2D eigenvalue weighted by atomic mass is 10.0. The largest absolute Gasteiger partial charge is 0.379 e. The summed E-state index contributed by atoms with van der Waals surface area (Å²) in [6.45, 7) is 5.44. The summed E-state index contributed by atoms with van der Waals surface area (Å²) in [5, 5.41) is 0. The molecular formula is C24H23FN4O. The Morgan fingerprint density at radius 1 is 0.933 bits per heavy atom. The molecule has 1 aromatic carbocycles. The lowest BCUT2D eigenvalue weighted by Crippen LogP contribution is -2.40. The maximum absolute atomic E-state index is 13.7. The average Bonchev–Trinajstić information content (AvgIpc) is 3.15. The van der Waals surface area contributed by atoms with Crippen molar-refractivity contribution < 1.29 is 9.13 Å². The summed E-state index contributed by atoms with van der Waals surface area (Å²) >= 11 is 0. The first-order valence-corrected chi connectivity index (χ1v) is 10.2. The zero-order valence-corrected chi connectivity index (χ0v) is 16.8. The molecule has 1 atom stereocenters. The summed E-state index contributed by atoms with van der Waals surface area (Å²) in [5.74, 6) is -0.248. The molecule has 30 heavy (non-hydrogen) atoms. The second kappa shape index (κ2) is 7.97. The number of hydrogen-bond acceptors (Lipinski definition) is 4. The van der Waals surface area contributed by atoms with Crippen LogP contribution in [0.4, 0.5) is 4.39 Å². The second-order valence-corrected chi connectivity index (χ2v) is 7.49. The number of halogens is 1. The maximum Gasteiger partial charge on any atom is 0.123 e. The van der Waals surface area contributed by atoms with Crippen molar-refractivity contribution in [2.75, 3.05) is 26.3 Å². The highest BCUT2D eigenvalue weighted by molar-refractivity contribution is 6.02. The fourth-order valence-corrected chi connectivity index (χ4v) is 4.32. The first-order valence-electron chi connectivity index (χ1n) is 10.2. The lowest BCUT2D eigenvalue weighted by molar-refractivity contribution is 0.00517. The molecule has 0 aliphatic carbocycles. The van der Waals surface area contributed by atoms with Gasteiger partial charge in [0.25, 0.3) is 0 Å². The second-order valence-electron chi connectivity index (χ2n) is 7.49. The smallest absolute Gasteiger partial charge is 0.123 e. The Bertz CT molecular complexity index is 1150. The number of benzene rings is 1. The Balaban J connectivity index is 1.81. The molecule has 0 bridgehead atoms. The number of fused-ring (bicyclic) bond motifs is 1.